The van der Waals surface area contributed by atoms with Gasteiger partial charge in [-0.15, -0.1) is 0 Å². The summed E-state index contributed by atoms with van der Waals surface area (Å²) < 4.78 is 5.25. The summed E-state index contributed by atoms with van der Waals surface area (Å²) in [6.07, 6.45) is 3.74. The van der Waals surface area contributed by atoms with E-state index in [1.807, 2.05) is 54.9 Å². The number of fused-ring (bicyclic) bond motifs is 1. The average Bonchev–Trinajstić information content (AvgIpc) is 3.04. The number of hydrogen-bond acceptors (Lipinski definition) is 5. The number of amidine groups is 1. The highest BCUT2D eigenvalue weighted by molar-refractivity contribution is 8.13. The molecule has 0 spiro atoms. The smallest absolute Gasteiger partial charge is 0.183 e. The summed E-state index contributed by atoms with van der Waals surface area (Å²) in [6.45, 7) is 0. The van der Waals surface area contributed by atoms with E-state index >= 15 is 0 Å². The number of aromatic nitrogens is 2. The maximum atomic E-state index is 8.71. The molecule has 0 aliphatic carbocycles. The third-order valence-corrected chi connectivity index (χ3v) is 3.98. The molecule has 0 aliphatic heterocycles. The molecule has 0 bridgehead atoms. The van der Waals surface area contributed by atoms with Crippen LogP contribution in [0.1, 0.15) is 0 Å². The summed E-state index contributed by atoms with van der Waals surface area (Å²) in [4.78, 5) is 12.3. The highest BCUT2D eigenvalue weighted by Crippen LogP contribution is 2.26. The second kappa shape index (κ2) is 7.06. The zero-order chi connectivity index (χ0) is 16.9. The molecule has 0 aliphatic rings. The molecule has 2 aromatic carbocycles. The van der Waals surface area contributed by atoms with Crippen LogP contribution in [0.2, 0.25) is 0 Å². The molecule has 3 aromatic rings. The van der Waals surface area contributed by atoms with E-state index in [2.05, 4.69) is 20.3 Å². The van der Waals surface area contributed by atoms with Crippen LogP contribution in [-0.2, 0) is 0 Å². The van der Waals surface area contributed by atoms with Gasteiger partial charge in [-0.3, -0.25) is 5.32 Å². The summed E-state index contributed by atoms with van der Waals surface area (Å²) in [6, 6.07) is 13.4. The fourth-order valence-electron chi connectivity index (χ4n) is 2.26. The van der Waals surface area contributed by atoms with Gasteiger partial charge in [0.05, 0.1) is 23.8 Å². The lowest BCUT2D eigenvalue weighted by Crippen LogP contribution is -2.12. The van der Waals surface area contributed by atoms with Crippen LogP contribution in [0.15, 0.2) is 47.5 Å². The lowest BCUT2D eigenvalue weighted by Gasteiger charge is -2.01. The molecule has 6 nitrogen and oxygen atoms in total. The number of thioether (sulfide) groups is 1. The first-order chi connectivity index (χ1) is 11.7. The molecular formula is C17H15N5OS. The number of benzene rings is 2. The van der Waals surface area contributed by atoms with Crippen LogP contribution in [0.25, 0.3) is 22.4 Å². The second-order valence-electron chi connectivity index (χ2n) is 4.88. The molecule has 1 aromatic heterocycles. The van der Waals surface area contributed by atoms with Crippen molar-refractivity contribution in [3.63, 3.8) is 0 Å². The molecule has 0 atom stereocenters. The Hall–Kier alpha value is -2.98. The molecule has 0 unspecified atom stereocenters. The fourth-order valence-corrected chi connectivity index (χ4v) is 2.61. The Morgan fingerprint density at radius 1 is 1.33 bits per heavy atom. The van der Waals surface area contributed by atoms with E-state index in [0.717, 1.165) is 33.9 Å². The molecular weight excluding hydrogens is 322 g/mol. The monoisotopic (exact) mass is 337 g/mol. The minimum absolute atomic E-state index is 0.546. The Bertz CT molecular complexity index is 942. The van der Waals surface area contributed by atoms with Gasteiger partial charge in [0.1, 0.15) is 11.6 Å². The van der Waals surface area contributed by atoms with E-state index in [1.165, 1.54) is 11.8 Å². The number of hydrogen-bond donors (Lipinski definition) is 2. The number of H-pyrrole nitrogens is 1. The van der Waals surface area contributed by atoms with E-state index in [4.69, 9.17) is 10.00 Å². The van der Waals surface area contributed by atoms with Gasteiger partial charge in [-0.05, 0) is 36.6 Å². The van der Waals surface area contributed by atoms with Gasteiger partial charge in [-0.25, -0.2) is 9.98 Å². The number of aromatic amines is 1. The molecule has 0 amide bonds. The maximum absolute atomic E-state index is 8.71. The molecule has 3 rings (SSSR count). The maximum Gasteiger partial charge on any atom is 0.183 e. The Morgan fingerprint density at radius 2 is 2.21 bits per heavy atom. The molecule has 0 saturated carbocycles. The lowest BCUT2D eigenvalue weighted by molar-refractivity contribution is 0.415. The number of rotatable bonds is 3. The number of ether oxygens (including phenoxy) is 1. The predicted octanol–water partition coefficient (Wildman–Crippen LogP) is 3.66. The van der Waals surface area contributed by atoms with Crippen LogP contribution in [0, 0.1) is 11.5 Å². The second-order valence-corrected chi connectivity index (χ2v) is 5.67. The third-order valence-electron chi connectivity index (χ3n) is 3.40. The number of methoxy groups -OCH3 is 1. The van der Waals surface area contributed by atoms with Gasteiger partial charge in [0.15, 0.2) is 11.4 Å². The van der Waals surface area contributed by atoms with Crippen molar-refractivity contribution in [2.24, 2.45) is 4.99 Å². The van der Waals surface area contributed by atoms with Crippen LogP contribution in [-0.4, -0.2) is 28.5 Å². The first-order valence-electron chi connectivity index (χ1n) is 7.15. The Labute approximate surface area is 143 Å². The SMILES string of the molecule is COc1cccc(-c2nc3ccc(N=C(NC#N)SC)cc3[nH]2)c1. The van der Waals surface area contributed by atoms with E-state index in [9.17, 15) is 0 Å². The standard InChI is InChI=1S/C17H15N5OS/c1-23-13-5-3-4-11(8-13)16-21-14-7-6-12(9-15(14)22-16)20-17(24-2)19-10-18/h3-9H,1-2H3,(H,19,20)(H,21,22). The van der Waals surface area contributed by atoms with E-state index < -0.39 is 0 Å². The number of aliphatic imine (C=N–C) groups is 1. The molecule has 0 radical (unpaired) electrons. The molecule has 0 fully saturated rings. The molecule has 0 saturated heterocycles. The van der Waals surface area contributed by atoms with Gasteiger partial charge in [-0.2, -0.15) is 5.26 Å². The van der Waals surface area contributed by atoms with Crippen molar-refractivity contribution in [3.8, 4) is 23.3 Å². The topological polar surface area (TPSA) is 86.1 Å². The number of nitrogens with zero attached hydrogens (tertiary/aromatic N) is 3. The highest BCUT2D eigenvalue weighted by atomic mass is 32.2. The number of imidazole rings is 1. The first-order valence-corrected chi connectivity index (χ1v) is 8.38. The van der Waals surface area contributed by atoms with Crippen molar-refractivity contribution in [1.29, 1.82) is 5.26 Å². The van der Waals surface area contributed by atoms with Crippen molar-refractivity contribution in [1.82, 2.24) is 15.3 Å². The van der Waals surface area contributed by atoms with Gasteiger partial charge in [0.25, 0.3) is 0 Å². The van der Waals surface area contributed by atoms with E-state index in [-0.39, 0.29) is 0 Å². The van der Waals surface area contributed by atoms with Crippen LogP contribution < -0.4 is 10.1 Å². The summed E-state index contributed by atoms with van der Waals surface area (Å²) in [7, 11) is 1.64. The molecule has 2 N–H and O–H groups in total. The van der Waals surface area contributed by atoms with Crippen LogP contribution in [0.4, 0.5) is 5.69 Å². The Kier molecular flexibility index (Phi) is 4.68. The lowest BCUT2D eigenvalue weighted by atomic mass is 10.2. The third kappa shape index (κ3) is 3.34. The van der Waals surface area contributed by atoms with Crippen LogP contribution >= 0.6 is 11.8 Å². The highest BCUT2D eigenvalue weighted by Gasteiger charge is 2.07. The number of nitrogens with one attached hydrogen (secondary N) is 2. The van der Waals surface area contributed by atoms with Crippen molar-refractivity contribution in [2.45, 2.75) is 0 Å². The quantitative estimate of drug-likeness (QED) is 0.330. The van der Waals surface area contributed by atoms with Crippen molar-refractivity contribution >= 4 is 33.7 Å². The van der Waals surface area contributed by atoms with Gasteiger partial charge in [-0.1, -0.05) is 23.9 Å². The van der Waals surface area contributed by atoms with Gasteiger partial charge >= 0.3 is 0 Å². The van der Waals surface area contributed by atoms with E-state index in [0.29, 0.717) is 5.17 Å². The van der Waals surface area contributed by atoms with Crippen molar-refractivity contribution in [3.05, 3.63) is 42.5 Å². The summed E-state index contributed by atoms with van der Waals surface area (Å²) in [5.74, 6) is 1.55. The van der Waals surface area contributed by atoms with Gasteiger partial charge in [0.2, 0.25) is 0 Å². The summed E-state index contributed by atoms with van der Waals surface area (Å²) >= 11 is 1.38. The van der Waals surface area contributed by atoms with Gasteiger partial charge < -0.3 is 9.72 Å². The molecule has 1 heterocycles. The Balaban J connectivity index is 1.98. The molecule has 7 heteroatoms. The van der Waals surface area contributed by atoms with Crippen LogP contribution in [0.3, 0.4) is 0 Å². The minimum atomic E-state index is 0.546. The average molecular weight is 337 g/mol. The van der Waals surface area contributed by atoms with Crippen LogP contribution in [0.5, 0.6) is 5.75 Å². The van der Waals surface area contributed by atoms with Crippen molar-refractivity contribution < 1.29 is 4.74 Å². The largest absolute Gasteiger partial charge is 0.497 e. The number of nitriles is 1. The summed E-state index contributed by atoms with van der Waals surface area (Å²) in [5.41, 5.74) is 3.43. The summed E-state index contributed by atoms with van der Waals surface area (Å²) in [5, 5.41) is 11.8. The van der Waals surface area contributed by atoms with Crippen molar-refractivity contribution in [2.75, 3.05) is 13.4 Å². The molecule has 120 valence electrons. The van der Waals surface area contributed by atoms with E-state index in [1.54, 1.807) is 7.11 Å². The van der Waals surface area contributed by atoms with Gasteiger partial charge in [0, 0.05) is 5.56 Å². The molecule has 24 heavy (non-hydrogen) atoms. The Morgan fingerprint density at radius 3 is 2.96 bits per heavy atom. The fraction of sp³-hybridized carbons (Fsp3) is 0.118. The first kappa shape index (κ1) is 15.9. The normalized spacial score (nSPS) is 11.3. The zero-order valence-electron chi connectivity index (χ0n) is 13.2. The predicted molar refractivity (Wildman–Crippen MR) is 97.4 cm³/mol. The minimum Gasteiger partial charge on any atom is -0.497 e. The zero-order valence-corrected chi connectivity index (χ0v) is 14.0.